The molecule has 0 amide bonds. The van der Waals surface area contributed by atoms with Gasteiger partial charge in [-0.15, -0.1) is 11.3 Å². The highest BCUT2D eigenvalue weighted by molar-refractivity contribution is 7.91. The fourth-order valence-corrected chi connectivity index (χ4v) is 4.50. The molecule has 1 aromatic rings. The summed E-state index contributed by atoms with van der Waals surface area (Å²) in [5.41, 5.74) is 6.07. The minimum atomic E-state index is -3.40. The van der Waals surface area contributed by atoms with Gasteiger partial charge in [0.15, 0.2) is 0 Å². The van der Waals surface area contributed by atoms with Crippen molar-refractivity contribution in [1.29, 1.82) is 0 Å². The van der Waals surface area contributed by atoms with Crippen LogP contribution in [0.1, 0.15) is 12.8 Å². The lowest BCUT2D eigenvalue weighted by Crippen LogP contribution is -2.35. The first kappa shape index (κ1) is 12.8. The van der Waals surface area contributed by atoms with E-state index in [0.29, 0.717) is 23.0 Å². The molecule has 5 nitrogen and oxygen atoms in total. The van der Waals surface area contributed by atoms with E-state index in [4.69, 9.17) is 10.5 Å². The summed E-state index contributed by atoms with van der Waals surface area (Å²) < 4.78 is 31.5. The lowest BCUT2D eigenvalue weighted by molar-refractivity contribution is 0.177. The van der Waals surface area contributed by atoms with E-state index < -0.39 is 10.0 Å². The number of thiophene rings is 1. The van der Waals surface area contributed by atoms with Crippen LogP contribution in [0.15, 0.2) is 15.7 Å². The molecule has 0 unspecified atom stereocenters. The van der Waals surface area contributed by atoms with Crippen molar-refractivity contribution in [2.45, 2.75) is 23.1 Å². The molecule has 1 aromatic heterocycles. The van der Waals surface area contributed by atoms with Crippen LogP contribution < -0.4 is 5.73 Å². The summed E-state index contributed by atoms with van der Waals surface area (Å²) in [7, 11) is -1.83. The molecule has 0 atom stereocenters. The molecular formula is C10H16N2O3S2. The van der Waals surface area contributed by atoms with E-state index in [1.807, 2.05) is 0 Å². The van der Waals surface area contributed by atoms with Gasteiger partial charge in [0.05, 0.1) is 6.61 Å². The first-order chi connectivity index (χ1) is 8.05. The summed E-state index contributed by atoms with van der Waals surface area (Å²) in [6.07, 6.45) is 1.87. The van der Waals surface area contributed by atoms with Crippen LogP contribution in [0, 0.1) is 0 Å². The molecule has 1 aliphatic carbocycles. The lowest BCUT2D eigenvalue weighted by atomic mass is 10.6. The fraction of sp³-hybridized carbons (Fsp3) is 0.600. The van der Waals surface area contributed by atoms with Gasteiger partial charge in [-0.3, -0.25) is 0 Å². The van der Waals surface area contributed by atoms with Crippen molar-refractivity contribution in [3.63, 3.8) is 0 Å². The summed E-state index contributed by atoms with van der Waals surface area (Å²) in [4.78, 5) is 0. The Hall–Kier alpha value is -0.630. The third-order valence-corrected chi connectivity index (χ3v) is 6.01. The summed E-state index contributed by atoms with van der Waals surface area (Å²) in [6.45, 7) is 0.817. The Morgan fingerprint density at radius 2 is 2.29 bits per heavy atom. The van der Waals surface area contributed by atoms with Gasteiger partial charge < -0.3 is 10.5 Å². The molecule has 1 saturated carbocycles. The Morgan fingerprint density at radius 1 is 1.59 bits per heavy atom. The third-order valence-electron chi connectivity index (χ3n) is 2.63. The molecule has 17 heavy (non-hydrogen) atoms. The maximum absolute atomic E-state index is 12.4. The summed E-state index contributed by atoms with van der Waals surface area (Å²) in [5.74, 6) is 0. The Bertz CT molecular complexity index is 479. The zero-order valence-electron chi connectivity index (χ0n) is 9.63. The molecule has 96 valence electrons. The van der Waals surface area contributed by atoms with Crippen LogP contribution in [0.2, 0.25) is 0 Å². The van der Waals surface area contributed by atoms with Crippen molar-refractivity contribution in [2.75, 3.05) is 26.0 Å². The van der Waals surface area contributed by atoms with Crippen molar-refractivity contribution in [2.24, 2.45) is 0 Å². The topological polar surface area (TPSA) is 72.6 Å². The monoisotopic (exact) mass is 276 g/mol. The molecule has 1 aliphatic rings. The number of anilines is 1. The van der Waals surface area contributed by atoms with E-state index >= 15 is 0 Å². The Kier molecular flexibility index (Phi) is 3.72. The molecule has 1 heterocycles. The number of hydrogen-bond acceptors (Lipinski definition) is 5. The minimum absolute atomic E-state index is 0.137. The second kappa shape index (κ2) is 4.93. The fourth-order valence-electron chi connectivity index (χ4n) is 1.62. The normalized spacial score (nSPS) is 16.6. The van der Waals surface area contributed by atoms with Crippen molar-refractivity contribution in [3.8, 4) is 0 Å². The minimum Gasteiger partial charge on any atom is -0.398 e. The number of nitrogens with zero attached hydrogens (tertiary/aromatic N) is 1. The molecule has 0 bridgehead atoms. The Morgan fingerprint density at radius 3 is 2.76 bits per heavy atom. The van der Waals surface area contributed by atoms with E-state index in [9.17, 15) is 8.42 Å². The largest absolute Gasteiger partial charge is 0.398 e. The quantitative estimate of drug-likeness (QED) is 0.845. The highest BCUT2D eigenvalue weighted by atomic mass is 32.2. The zero-order valence-corrected chi connectivity index (χ0v) is 11.3. The average Bonchev–Trinajstić information content (AvgIpc) is 3.00. The van der Waals surface area contributed by atoms with Crippen LogP contribution in [0.25, 0.3) is 0 Å². The van der Waals surface area contributed by atoms with Crippen LogP contribution >= 0.6 is 11.3 Å². The number of nitrogen functional groups attached to an aromatic ring is 1. The van der Waals surface area contributed by atoms with Gasteiger partial charge in [0.1, 0.15) is 4.21 Å². The number of methoxy groups -OCH3 is 1. The predicted molar refractivity (Wildman–Crippen MR) is 67.5 cm³/mol. The van der Waals surface area contributed by atoms with Crippen LogP contribution in [0.5, 0.6) is 0 Å². The highest BCUT2D eigenvalue weighted by Crippen LogP contribution is 2.34. The first-order valence-electron chi connectivity index (χ1n) is 5.40. The number of sulfonamides is 1. The van der Waals surface area contributed by atoms with Crippen LogP contribution in [0.3, 0.4) is 0 Å². The second-order valence-corrected chi connectivity index (χ2v) is 7.07. The molecular weight excluding hydrogens is 260 g/mol. The first-order valence-corrected chi connectivity index (χ1v) is 7.72. The number of nitrogens with two attached hydrogens (primary N) is 1. The highest BCUT2D eigenvalue weighted by Gasteiger charge is 2.38. The zero-order chi connectivity index (χ0) is 12.5. The number of hydrogen-bond donors (Lipinski definition) is 1. The standard InChI is InChI=1S/C10H16N2O3S2/c1-15-5-4-12(9-2-3-9)17(13,14)10-6-8(11)7-16-10/h6-7,9H,2-5,11H2,1H3. The van der Waals surface area contributed by atoms with E-state index in [0.717, 1.165) is 12.8 Å². The van der Waals surface area contributed by atoms with Gasteiger partial charge in [0.2, 0.25) is 0 Å². The van der Waals surface area contributed by atoms with Gasteiger partial charge in [-0.2, -0.15) is 4.31 Å². The Labute approximate surface area is 105 Å². The second-order valence-electron chi connectivity index (χ2n) is 4.04. The molecule has 7 heteroatoms. The smallest absolute Gasteiger partial charge is 0.252 e. The molecule has 0 aromatic carbocycles. The summed E-state index contributed by atoms with van der Waals surface area (Å²) in [5, 5.41) is 1.65. The number of rotatable bonds is 6. The molecule has 0 spiro atoms. The molecule has 0 aliphatic heterocycles. The molecule has 1 fully saturated rings. The van der Waals surface area contributed by atoms with E-state index in [-0.39, 0.29) is 6.04 Å². The van der Waals surface area contributed by atoms with Crippen LogP contribution in [0.4, 0.5) is 5.69 Å². The number of ether oxygens (including phenoxy) is 1. The lowest BCUT2D eigenvalue weighted by Gasteiger charge is -2.20. The molecule has 0 saturated heterocycles. The van der Waals surface area contributed by atoms with Crippen LogP contribution in [-0.4, -0.2) is 39.0 Å². The van der Waals surface area contributed by atoms with Gasteiger partial charge >= 0.3 is 0 Å². The van der Waals surface area contributed by atoms with Crippen molar-refractivity contribution < 1.29 is 13.2 Å². The van der Waals surface area contributed by atoms with Gasteiger partial charge in [0, 0.05) is 30.8 Å². The molecule has 2 N–H and O–H groups in total. The summed E-state index contributed by atoms with van der Waals surface area (Å²) in [6, 6.07) is 1.65. The maximum atomic E-state index is 12.4. The van der Waals surface area contributed by atoms with E-state index in [1.165, 1.54) is 21.7 Å². The predicted octanol–water partition coefficient (Wildman–Crippen LogP) is 1.13. The van der Waals surface area contributed by atoms with Gasteiger partial charge in [-0.05, 0) is 18.9 Å². The van der Waals surface area contributed by atoms with Gasteiger partial charge in [-0.1, -0.05) is 0 Å². The van der Waals surface area contributed by atoms with Gasteiger partial charge in [-0.25, -0.2) is 8.42 Å². The van der Waals surface area contributed by atoms with E-state index in [2.05, 4.69) is 0 Å². The maximum Gasteiger partial charge on any atom is 0.252 e. The van der Waals surface area contributed by atoms with E-state index in [1.54, 1.807) is 12.5 Å². The molecule has 0 radical (unpaired) electrons. The van der Waals surface area contributed by atoms with Crippen molar-refractivity contribution in [3.05, 3.63) is 11.4 Å². The van der Waals surface area contributed by atoms with Crippen molar-refractivity contribution >= 4 is 27.0 Å². The van der Waals surface area contributed by atoms with Gasteiger partial charge in [0.25, 0.3) is 10.0 Å². The molecule has 2 rings (SSSR count). The summed E-state index contributed by atoms with van der Waals surface area (Å²) >= 11 is 1.17. The average molecular weight is 276 g/mol. The SMILES string of the molecule is COCCN(C1CC1)S(=O)(=O)c1cc(N)cs1. The Balaban J connectivity index is 2.21. The van der Waals surface area contributed by atoms with Crippen LogP contribution in [-0.2, 0) is 14.8 Å². The third kappa shape index (κ3) is 2.79. The van der Waals surface area contributed by atoms with Crippen molar-refractivity contribution in [1.82, 2.24) is 4.31 Å².